The summed E-state index contributed by atoms with van der Waals surface area (Å²) in [4.78, 5) is 10.7. The number of carboxylic acid groups (broad SMARTS) is 1. The van der Waals surface area contributed by atoms with Gasteiger partial charge in [0.05, 0.1) is 4.90 Å². The van der Waals surface area contributed by atoms with Crippen LogP contribution >= 0.6 is 0 Å². The molecule has 3 N–H and O–H groups in total. The predicted octanol–water partition coefficient (Wildman–Crippen LogP) is 1.95. The highest BCUT2D eigenvalue weighted by Crippen LogP contribution is 2.27. The minimum absolute atomic E-state index is 0.0477. The molecule has 0 atom stereocenters. The van der Waals surface area contributed by atoms with E-state index in [-0.39, 0.29) is 4.90 Å². The van der Waals surface area contributed by atoms with Crippen LogP contribution in [0.15, 0.2) is 47.4 Å². The number of aryl methyl sites for hydroxylation is 1. The Morgan fingerprint density at radius 1 is 1.17 bits per heavy atom. The summed E-state index contributed by atoms with van der Waals surface area (Å²) in [5.41, 5.74) is 9.21. The maximum absolute atomic E-state index is 12.3. The number of nitrogens with zero attached hydrogens (tertiary/aromatic N) is 1. The van der Waals surface area contributed by atoms with E-state index >= 15 is 0 Å². The Bertz CT molecular complexity index is 830. The van der Waals surface area contributed by atoms with E-state index in [1.165, 1.54) is 19.2 Å². The van der Waals surface area contributed by atoms with Gasteiger partial charge < -0.3 is 10.8 Å². The summed E-state index contributed by atoms with van der Waals surface area (Å²) in [5.74, 6) is -1.21. The SMILES string of the molecule is Cc1ccc(N)cc1-c1ccc(S(=O)(=O)N(C)CC(=O)O)cc1. The van der Waals surface area contributed by atoms with Crippen LogP contribution in [0.4, 0.5) is 5.69 Å². The van der Waals surface area contributed by atoms with Gasteiger partial charge in [-0.1, -0.05) is 18.2 Å². The second-order valence-electron chi connectivity index (χ2n) is 5.25. The average molecular weight is 334 g/mol. The van der Waals surface area contributed by atoms with E-state index in [4.69, 9.17) is 10.8 Å². The average Bonchev–Trinajstić information content (AvgIpc) is 2.49. The Morgan fingerprint density at radius 3 is 2.35 bits per heavy atom. The summed E-state index contributed by atoms with van der Waals surface area (Å²) in [6, 6.07) is 11.8. The van der Waals surface area contributed by atoms with Gasteiger partial charge in [-0.15, -0.1) is 0 Å². The van der Waals surface area contributed by atoms with E-state index < -0.39 is 22.5 Å². The van der Waals surface area contributed by atoms with Crippen molar-refractivity contribution in [2.75, 3.05) is 19.3 Å². The number of hydrogen-bond donors (Lipinski definition) is 2. The number of anilines is 1. The molecule has 6 nitrogen and oxygen atoms in total. The van der Waals surface area contributed by atoms with Crippen molar-refractivity contribution in [3.8, 4) is 11.1 Å². The van der Waals surface area contributed by atoms with E-state index in [1.807, 2.05) is 19.1 Å². The lowest BCUT2D eigenvalue weighted by Gasteiger charge is -2.15. The zero-order chi connectivity index (χ0) is 17.2. The molecule has 0 aliphatic rings. The first-order valence-corrected chi connectivity index (χ1v) is 8.30. The summed E-state index contributed by atoms with van der Waals surface area (Å²) >= 11 is 0. The first-order chi connectivity index (χ1) is 10.7. The van der Waals surface area contributed by atoms with Crippen LogP contribution in [0.1, 0.15) is 5.56 Å². The molecule has 2 aromatic rings. The molecule has 0 aromatic heterocycles. The van der Waals surface area contributed by atoms with Gasteiger partial charge >= 0.3 is 5.97 Å². The fourth-order valence-corrected chi connectivity index (χ4v) is 3.33. The molecule has 0 spiro atoms. The van der Waals surface area contributed by atoms with Crippen LogP contribution in [0.5, 0.6) is 0 Å². The number of carbonyl (C=O) groups is 1. The maximum Gasteiger partial charge on any atom is 0.318 e. The lowest BCUT2D eigenvalue weighted by atomic mass is 10.0. The number of aliphatic carboxylic acids is 1. The van der Waals surface area contributed by atoms with Gasteiger partial charge in [-0.05, 0) is 47.9 Å². The Kier molecular flexibility index (Phi) is 4.72. The fourth-order valence-electron chi connectivity index (χ4n) is 2.21. The number of nitrogen functional groups attached to an aromatic ring is 1. The van der Waals surface area contributed by atoms with Crippen molar-refractivity contribution in [1.29, 1.82) is 0 Å². The number of benzene rings is 2. The highest BCUT2D eigenvalue weighted by atomic mass is 32.2. The first kappa shape index (κ1) is 17.0. The number of hydrogen-bond acceptors (Lipinski definition) is 4. The summed E-state index contributed by atoms with van der Waals surface area (Å²) in [7, 11) is -2.59. The zero-order valence-corrected chi connectivity index (χ0v) is 13.7. The van der Waals surface area contributed by atoms with E-state index in [2.05, 4.69) is 0 Å². The van der Waals surface area contributed by atoms with Crippen molar-refractivity contribution >= 4 is 21.7 Å². The monoisotopic (exact) mass is 334 g/mol. The molecule has 7 heteroatoms. The Balaban J connectivity index is 2.36. The summed E-state index contributed by atoms with van der Waals surface area (Å²) in [5, 5.41) is 8.73. The molecule has 0 bridgehead atoms. The highest BCUT2D eigenvalue weighted by molar-refractivity contribution is 7.89. The molecule has 2 aromatic carbocycles. The van der Waals surface area contributed by atoms with Crippen molar-refractivity contribution < 1.29 is 18.3 Å². The van der Waals surface area contributed by atoms with Crippen molar-refractivity contribution in [3.63, 3.8) is 0 Å². The molecule has 23 heavy (non-hydrogen) atoms. The summed E-state index contributed by atoms with van der Waals surface area (Å²) in [6.45, 7) is 1.36. The third-order valence-electron chi connectivity index (χ3n) is 3.49. The topological polar surface area (TPSA) is 101 Å². The van der Waals surface area contributed by atoms with E-state index in [0.717, 1.165) is 21.0 Å². The van der Waals surface area contributed by atoms with Gasteiger partial charge in [0.15, 0.2) is 0 Å². The minimum atomic E-state index is -3.82. The largest absolute Gasteiger partial charge is 0.480 e. The fraction of sp³-hybridized carbons (Fsp3) is 0.188. The van der Waals surface area contributed by atoms with E-state index in [9.17, 15) is 13.2 Å². The Hall–Kier alpha value is -2.38. The van der Waals surface area contributed by atoms with Gasteiger partial charge in [0.1, 0.15) is 6.54 Å². The van der Waals surface area contributed by atoms with Crippen LogP contribution in [0.25, 0.3) is 11.1 Å². The molecular formula is C16H18N2O4S. The summed E-state index contributed by atoms with van der Waals surface area (Å²) in [6.07, 6.45) is 0. The van der Waals surface area contributed by atoms with Crippen molar-refractivity contribution in [1.82, 2.24) is 4.31 Å². The molecule has 0 unspecified atom stereocenters. The van der Waals surface area contributed by atoms with Gasteiger partial charge in [-0.25, -0.2) is 8.42 Å². The molecule has 0 aliphatic carbocycles. The van der Waals surface area contributed by atoms with Crippen molar-refractivity contribution in [3.05, 3.63) is 48.0 Å². The number of carboxylic acids is 1. The predicted molar refractivity (Wildman–Crippen MR) is 88.5 cm³/mol. The Labute approximate surface area is 135 Å². The Morgan fingerprint density at radius 2 is 1.78 bits per heavy atom. The molecular weight excluding hydrogens is 316 g/mol. The molecule has 0 amide bonds. The third-order valence-corrected chi connectivity index (χ3v) is 5.31. The quantitative estimate of drug-likeness (QED) is 0.814. The van der Waals surface area contributed by atoms with Gasteiger partial charge in [0.2, 0.25) is 10.0 Å². The first-order valence-electron chi connectivity index (χ1n) is 6.86. The number of sulfonamides is 1. The van der Waals surface area contributed by atoms with E-state index in [1.54, 1.807) is 18.2 Å². The molecule has 0 heterocycles. The van der Waals surface area contributed by atoms with Crippen LogP contribution in [-0.4, -0.2) is 37.4 Å². The summed E-state index contributed by atoms with van der Waals surface area (Å²) < 4.78 is 25.4. The number of likely N-dealkylation sites (N-methyl/N-ethyl adjacent to an activating group) is 1. The van der Waals surface area contributed by atoms with Gasteiger partial charge in [-0.3, -0.25) is 4.79 Å². The lowest BCUT2D eigenvalue weighted by Crippen LogP contribution is -2.31. The normalized spacial score (nSPS) is 11.6. The number of nitrogens with two attached hydrogens (primary N) is 1. The van der Waals surface area contributed by atoms with Gasteiger partial charge in [-0.2, -0.15) is 4.31 Å². The zero-order valence-electron chi connectivity index (χ0n) is 12.9. The maximum atomic E-state index is 12.3. The van der Waals surface area contributed by atoms with Crippen LogP contribution < -0.4 is 5.73 Å². The van der Waals surface area contributed by atoms with E-state index in [0.29, 0.717) is 5.69 Å². The van der Waals surface area contributed by atoms with Gasteiger partial charge in [0.25, 0.3) is 0 Å². The minimum Gasteiger partial charge on any atom is -0.480 e. The molecule has 122 valence electrons. The van der Waals surface area contributed by atoms with Crippen LogP contribution in [0, 0.1) is 6.92 Å². The number of rotatable bonds is 5. The second kappa shape index (κ2) is 6.39. The van der Waals surface area contributed by atoms with Crippen LogP contribution in [0.2, 0.25) is 0 Å². The van der Waals surface area contributed by atoms with Crippen molar-refractivity contribution in [2.45, 2.75) is 11.8 Å². The van der Waals surface area contributed by atoms with Crippen LogP contribution in [-0.2, 0) is 14.8 Å². The molecule has 0 saturated carbocycles. The smallest absolute Gasteiger partial charge is 0.318 e. The molecule has 0 radical (unpaired) electrons. The molecule has 0 saturated heterocycles. The molecule has 0 aliphatic heterocycles. The van der Waals surface area contributed by atoms with Crippen molar-refractivity contribution in [2.24, 2.45) is 0 Å². The van der Waals surface area contributed by atoms with Gasteiger partial charge in [0, 0.05) is 12.7 Å². The highest BCUT2D eigenvalue weighted by Gasteiger charge is 2.22. The standard InChI is InChI=1S/C16H18N2O4S/c1-11-3-6-13(17)9-15(11)12-4-7-14(8-5-12)23(21,22)18(2)10-16(19)20/h3-9H,10,17H2,1-2H3,(H,19,20). The molecule has 0 fully saturated rings. The second-order valence-corrected chi connectivity index (χ2v) is 7.30. The third kappa shape index (κ3) is 3.69. The molecule has 2 rings (SSSR count). The van der Waals surface area contributed by atoms with Crippen LogP contribution in [0.3, 0.4) is 0 Å². The lowest BCUT2D eigenvalue weighted by molar-refractivity contribution is -0.137.